The summed E-state index contributed by atoms with van der Waals surface area (Å²) in [5.41, 5.74) is 0.994. The Balaban J connectivity index is 1.50. The summed E-state index contributed by atoms with van der Waals surface area (Å²) < 4.78 is 15.9. The van der Waals surface area contributed by atoms with Crippen LogP contribution in [-0.4, -0.2) is 79.3 Å². The van der Waals surface area contributed by atoms with Crippen molar-refractivity contribution in [3.8, 4) is 0 Å². The van der Waals surface area contributed by atoms with Gasteiger partial charge in [-0.2, -0.15) is 0 Å². The van der Waals surface area contributed by atoms with E-state index in [2.05, 4.69) is 15.4 Å². The lowest BCUT2D eigenvalue weighted by Crippen LogP contribution is -2.42. The summed E-state index contributed by atoms with van der Waals surface area (Å²) in [6.45, 7) is 6.50. The quantitative estimate of drug-likeness (QED) is 0.579. The van der Waals surface area contributed by atoms with Gasteiger partial charge in [0.15, 0.2) is 5.82 Å². The van der Waals surface area contributed by atoms with Crippen molar-refractivity contribution in [1.29, 1.82) is 0 Å². The van der Waals surface area contributed by atoms with Gasteiger partial charge in [0.25, 0.3) is 0 Å². The van der Waals surface area contributed by atoms with Gasteiger partial charge in [0.2, 0.25) is 11.8 Å². The number of rotatable bonds is 11. The summed E-state index contributed by atoms with van der Waals surface area (Å²) in [6, 6.07) is 11.3. The minimum Gasteiger partial charge on any atom is -0.379 e. The van der Waals surface area contributed by atoms with Crippen LogP contribution in [0.5, 0.6) is 0 Å². The number of ether oxygens (including phenoxy) is 2. The second-order valence-corrected chi connectivity index (χ2v) is 7.47. The standard InChI is InChI=1S/C22H30N4O5/c1-18-14-20(24-31-18)23-21(27)15-26(9-5-8-25-10-12-29-13-11-25)22(28)17-30-16-19-6-3-2-4-7-19/h2-4,6-7,14H,5,8-13,15-17H2,1H3,(H,23,24,27). The van der Waals surface area contributed by atoms with Gasteiger partial charge in [0.05, 0.1) is 26.4 Å². The summed E-state index contributed by atoms with van der Waals surface area (Å²) >= 11 is 0. The highest BCUT2D eigenvalue weighted by atomic mass is 16.5. The topological polar surface area (TPSA) is 97.1 Å². The largest absolute Gasteiger partial charge is 0.379 e. The van der Waals surface area contributed by atoms with Gasteiger partial charge < -0.3 is 24.2 Å². The maximum atomic E-state index is 12.8. The molecule has 2 heterocycles. The number of amides is 2. The lowest BCUT2D eigenvalue weighted by Gasteiger charge is -2.28. The van der Waals surface area contributed by atoms with Crippen LogP contribution in [0.15, 0.2) is 40.9 Å². The van der Waals surface area contributed by atoms with E-state index in [4.69, 9.17) is 14.0 Å². The van der Waals surface area contributed by atoms with E-state index < -0.39 is 0 Å². The zero-order valence-corrected chi connectivity index (χ0v) is 17.9. The normalized spacial score (nSPS) is 14.4. The molecule has 0 aliphatic carbocycles. The number of hydrogen-bond donors (Lipinski definition) is 1. The molecule has 3 rings (SSSR count). The number of aromatic nitrogens is 1. The Morgan fingerprint density at radius 3 is 2.71 bits per heavy atom. The smallest absolute Gasteiger partial charge is 0.249 e. The van der Waals surface area contributed by atoms with Crippen molar-refractivity contribution < 1.29 is 23.6 Å². The molecule has 9 nitrogen and oxygen atoms in total. The van der Waals surface area contributed by atoms with E-state index in [9.17, 15) is 9.59 Å². The number of carbonyl (C=O) groups excluding carboxylic acids is 2. The molecule has 0 spiro atoms. The molecule has 0 saturated carbocycles. The third-order valence-electron chi connectivity index (χ3n) is 4.93. The first kappa shape index (κ1) is 22.9. The van der Waals surface area contributed by atoms with Crippen LogP contribution in [0.1, 0.15) is 17.7 Å². The average Bonchev–Trinajstić information content (AvgIpc) is 3.18. The summed E-state index contributed by atoms with van der Waals surface area (Å²) in [5, 5.41) is 6.43. The molecule has 168 valence electrons. The fourth-order valence-corrected chi connectivity index (χ4v) is 3.30. The fraction of sp³-hybridized carbons (Fsp3) is 0.500. The lowest BCUT2D eigenvalue weighted by molar-refractivity contribution is -0.139. The highest BCUT2D eigenvalue weighted by molar-refractivity contribution is 5.93. The van der Waals surface area contributed by atoms with Gasteiger partial charge in [-0.05, 0) is 18.9 Å². The number of morpholine rings is 1. The van der Waals surface area contributed by atoms with E-state index in [0.717, 1.165) is 44.8 Å². The van der Waals surface area contributed by atoms with Gasteiger partial charge in [-0.15, -0.1) is 0 Å². The van der Waals surface area contributed by atoms with Crippen LogP contribution in [-0.2, 0) is 25.7 Å². The summed E-state index contributed by atoms with van der Waals surface area (Å²) in [6.07, 6.45) is 0.765. The molecule has 1 fully saturated rings. The molecule has 2 amide bonds. The number of carbonyl (C=O) groups is 2. The van der Waals surface area contributed by atoms with Gasteiger partial charge >= 0.3 is 0 Å². The van der Waals surface area contributed by atoms with Crippen molar-refractivity contribution in [3.63, 3.8) is 0 Å². The van der Waals surface area contributed by atoms with E-state index in [1.165, 1.54) is 4.90 Å². The van der Waals surface area contributed by atoms with Crippen molar-refractivity contribution in [3.05, 3.63) is 47.7 Å². The Morgan fingerprint density at radius 1 is 1.23 bits per heavy atom. The summed E-state index contributed by atoms with van der Waals surface area (Å²) in [4.78, 5) is 29.0. The first-order valence-electron chi connectivity index (χ1n) is 10.5. The molecule has 1 aliphatic rings. The van der Waals surface area contributed by atoms with Crippen LogP contribution in [0.2, 0.25) is 0 Å². The van der Waals surface area contributed by atoms with Crippen molar-refractivity contribution in [2.45, 2.75) is 20.0 Å². The van der Waals surface area contributed by atoms with E-state index in [0.29, 0.717) is 24.7 Å². The van der Waals surface area contributed by atoms with E-state index >= 15 is 0 Å². The second-order valence-electron chi connectivity index (χ2n) is 7.47. The highest BCUT2D eigenvalue weighted by Gasteiger charge is 2.19. The Hall–Kier alpha value is -2.75. The number of nitrogens with one attached hydrogen (secondary N) is 1. The lowest BCUT2D eigenvalue weighted by atomic mass is 10.2. The SMILES string of the molecule is Cc1cc(NC(=O)CN(CCCN2CCOCC2)C(=O)COCc2ccccc2)no1. The van der Waals surface area contributed by atoms with Gasteiger partial charge in [-0.1, -0.05) is 35.5 Å². The third-order valence-corrected chi connectivity index (χ3v) is 4.93. The maximum absolute atomic E-state index is 12.8. The molecule has 0 bridgehead atoms. The Labute approximate surface area is 182 Å². The van der Waals surface area contributed by atoms with Gasteiger partial charge in [0.1, 0.15) is 12.4 Å². The first-order valence-corrected chi connectivity index (χ1v) is 10.5. The van der Waals surface area contributed by atoms with Crippen LogP contribution in [0.25, 0.3) is 0 Å². The van der Waals surface area contributed by atoms with Crippen molar-refractivity contribution in [1.82, 2.24) is 15.0 Å². The number of nitrogens with zero attached hydrogens (tertiary/aromatic N) is 3. The molecular weight excluding hydrogens is 400 g/mol. The van der Waals surface area contributed by atoms with Crippen LogP contribution in [0.3, 0.4) is 0 Å². The molecule has 2 aromatic rings. The number of aryl methyl sites for hydroxylation is 1. The van der Waals surface area contributed by atoms with E-state index in [-0.39, 0.29) is 25.0 Å². The molecule has 1 aromatic heterocycles. The van der Waals surface area contributed by atoms with E-state index in [1.54, 1.807) is 13.0 Å². The minimum atomic E-state index is -0.323. The van der Waals surface area contributed by atoms with Crippen LogP contribution in [0, 0.1) is 6.92 Å². The minimum absolute atomic E-state index is 0.0669. The summed E-state index contributed by atoms with van der Waals surface area (Å²) in [7, 11) is 0. The highest BCUT2D eigenvalue weighted by Crippen LogP contribution is 2.08. The Morgan fingerprint density at radius 2 is 2.00 bits per heavy atom. The van der Waals surface area contributed by atoms with Crippen LogP contribution in [0.4, 0.5) is 5.82 Å². The van der Waals surface area contributed by atoms with Gasteiger partial charge in [-0.25, -0.2) is 0 Å². The third kappa shape index (κ3) is 8.12. The summed E-state index contributed by atoms with van der Waals surface area (Å²) in [5.74, 6) is 0.395. The fourth-order valence-electron chi connectivity index (χ4n) is 3.30. The zero-order valence-electron chi connectivity index (χ0n) is 17.9. The molecule has 1 aromatic carbocycles. The molecule has 0 radical (unpaired) electrons. The maximum Gasteiger partial charge on any atom is 0.249 e. The molecule has 0 unspecified atom stereocenters. The first-order chi connectivity index (χ1) is 15.1. The molecule has 9 heteroatoms. The Bertz CT molecular complexity index is 820. The molecule has 0 atom stereocenters. The Kier molecular flexibility index (Phi) is 9.01. The monoisotopic (exact) mass is 430 g/mol. The molecule has 1 aliphatic heterocycles. The number of hydrogen-bond acceptors (Lipinski definition) is 7. The van der Waals surface area contributed by atoms with Crippen LogP contribution >= 0.6 is 0 Å². The van der Waals surface area contributed by atoms with Crippen molar-refractivity contribution in [2.24, 2.45) is 0 Å². The van der Waals surface area contributed by atoms with Crippen LogP contribution < -0.4 is 5.32 Å². The van der Waals surface area contributed by atoms with Crippen molar-refractivity contribution in [2.75, 3.05) is 57.9 Å². The van der Waals surface area contributed by atoms with Gasteiger partial charge in [0, 0.05) is 32.2 Å². The zero-order chi connectivity index (χ0) is 21.9. The molecule has 1 N–H and O–H groups in total. The number of anilines is 1. The average molecular weight is 431 g/mol. The van der Waals surface area contributed by atoms with Crippen molar-refractivity contribution >= 4 is 17.6 Å². The van der Waals surface area contributed by atoms with E-state index in [1.807, 2.05) is 30.3 Å². The number of benzene rings is 1. The predicted molar refractivity (Wildman–Crippen MR) is 114 cm³/mol. The van der Waals surface area contributed by atoms with Gasteiger partial charge in [-0.3, -0.25) is 14.5 Å². The molecule has 1 saturated heterocycles. The molecule has 31 heavy (non-hydrogen) atoms. The predicted octanol–water partition coefficient (Wildman–Crippen LogP) is 1.69. The molecular formula is C22H30N4O5. The second kappa shape index (κ2) is 12.2.